The Hall–Kier alpha value is -0.800. The average molecular weight is 339 g/mol. The largest absolute Gasteiger partial charge is 0.343 e. The Kier molecular flexibility index (Phi) is 2.33. The minimum Gasteiger partial charge on any atom is -0.343 e. The molecule has 3 heteroatoms. The first-order valence-corrected chi connectivity index (χ1v) is 6.60. The standard InChI is InChI=1S/C13H9Br2N/c1-16-11-5-3-2-4-8(11)9-6-7-10(14)12(15)13(9)16/h2-7H,1H3. The highest BCUT2D eigenvalue weighted by Gasteiger charge is 2.11. The summed E-state index contributed by atoms with van der Waals surface area (Å²) in [7, 11) is 2.10. The van der Waals surface area contributed by atoms with Crippen LogP contribution in [0.1, 0.15) is 0 Å². The van der Waals surface area contributed by atoms with Crippen LogP contribution in [0, 0.1) is 0 Å². The summed E-state index contributed by atoms with van der Waals surface area (Å²) in [5.41, 5.74) is 2.49. The van der Waals surface area contributed by atoms with Crippen LogP contribution >= 0.6 is 31.9 Å². The molecule has 3 aromatic rings. The first-order valence-electron chi connectivity index (χ1n) is 5.01. The number of hydrogen-bond acceptors (Lipinski definition) is 0. The molecular formula is C13H9Br2N. The summed E-state index contributed by atoms with van der Waals surface area (Å²) in [5.74, 6) is 0. The van der Waals surface area contributed by atoms with Gasteiger partial charge in [-0.05, 0) is 44.0 Å². The summed E-state index contributed by atoms with van der Waals surface area (Å²) in [4.78, 5) is 0. The minimum atomic E-state index is 1.09. The van der Waals surface area contributed by atoms with E-state index in [-0.39, 0.29) is 0 Å². The second kappa shape index (κ2) is 3.60. The summed E-state index contributed by atoms with van der Waals surface area (Å²) in [5, 5.41) is 2.58. The van der Waals surface area contributed by atoms with Crippen molar-refractivity contribution in [2.24, 2.45) is 7.05 Å². The van der Waals surface area contributed by atoms with Crippen LogP contribution < -0.4 is 0 Å². The van der Waals surface area contributed by atoms with Crippen molar-refractivity contribution in [1.29, 1.82) is 0 Å². The molecular weight excluding hydrogens is 330 g/mol. The Morgan fingerprint density at radius 2 is 1.69 bits per heavy atom. The number of para-hydroxylation sites is 1. The van der Waals surface area contributed by atoms with Gasteiger partial charge in [0, 0.05) is 27.8 Å². The lowest BCUT2D eigenvalue weighted by molar-refractivity contribution is 1.01. The van der Waals surface area contributed by atoms with Gasteiger partial charge in [0.2, 0.25) is 0 Å². The van der Waals surface area contributed by atoms with Gasteiger partial charge in [0.1, 0.15) is 0 Å². The highest BCUT2D eigenvalue weighted by molar-refractivity contribution is 9.13. The highest BCUT2D eigenvalue weighted by atomic mass is 79.9. The smallest absolute Gasteiger partial charge is 0.0644 e. The van der Waals surface area contributed by atoms with E-state index in [0.717, 1.165) is 8.95 Å². The number of benzene rings is 2. The van der Waals surface area contributed by atoms with Crippen LogP contribution in [0.2, 0.25) is 0 Å². The maximum atomic E-state index is 3.64. The van der Waals surface area contributed by atoms with Gasteiger partial charge in [-0.1, -0.05) is 24.3 Å². The summed E-state index contributed by atoms with van der Waals surface area (Å²) in [6.07, 6.45) is 0. The molecule has 0 unspecified atom stereocenters. The molecule has 0 radical (unpaired) electrons. The molecule has 2 aromatic carbocycles. The van der Waals surface area contributed by atoms with E-state index in [0.29, 0.717) is 0 Å². The number of aromatic nitrogens is 1. The molecule has 0 N–H and O–H groups in total. The predicted molar refractivity (Wildman–Crippen MR) is 75.8 cm³/mol. The lowest BCUT2D eigenvalue weighted by atomic mass is 10.2. The Morgan fingerprint density at radius 3 is 2.50 bits per heavy atom. The van der Waals surface area contributed by atoms with E-state index in [1.165, 1.54) is 21.8 Å². The lowest BCUT2D eigenvalue weighted by Crippen LogP contribution is -1.87. The third-order valence-electron chi connectivity index (χ3n) is 2.96. The van der Waals surface area contributed by atoms with Crippen LogP contribution in [0.3, 0.4) is 0 Å². The first-order chi connectivity index (χ1) is 7.70. The van der Waals surface area contributed by atoms with Crippen LogP contribution in [0.4, 0.5) is 0 Å². The molecule has 0 saturated carbocycles. The first kappa shape index (κ1) is 10.4. The number of fused-ring (bicyclic) bond motifs is 3. The van der Waals surface area contributed by atoms with Gasteiger partial charge in [0.15, 0.2) is 0 Å². The molecule has 1 aromatic heterocycles. The van der Waals surface area contributed by atoms with E-state index >= 15 is 0 Å². The topological polar surface area (TPSA) is 4.93 Å². The zero-order chi connectivity index (χ0) is 11.3. The maximum absolute atomic E-state index is 3.64. The van der Waals surface area contributed by atoms with Crippen molar-refractivity contribution in [1.82, 2.24) is 4.57 Å². The van der Waals surface area contributed by atoms with Gasteiger partial charge < -0.3 is 4.57 Å². The summed E-state index contributed by atoms with van der Waals surface area (Å²) < 4.78 is 4.43. The molecule has 0 bridgehead atoms. The van der Waals surface area contributed by atoms with Crippen LogP contribution in [0.25, 0.3) is 21.8 Å². The summed E-state index contributed by atoms with van der Waals surface area (Å²) in [6, 6.07) is 12.7. The molecule has 0 aliphatic carbocycles. The lowest BCUT2D eigenvalue weighted by Gasteiger charge is -2.02. The Bertz CT molecular complexity index is 698. The molecule has 0 saturated heterocycles. The van der Waals surface area contributed by atoms with Crippen molar-refractivity contribution in [2.45, 2.75) is 0 Å². The van der Waals surface area contributed by atoms with E-state index in [4.69, 9.17) is 0 Å². The number of rotatable bonds is 0. The molecule has 1 nitrogen and oxygen atoms in total. The SMILES string of the molecule is Cn1c2ccccc2c2ccc(Br)c(Br)c21. The van der Waals surface area contributed by atoms with Crippen molar-refractivity contribution >= 4 is 53.7 Å². The van der Waals surface area contributed by atoms with Crippen molar-refractivity contribution < 1.29 is 0 Å². The zero-order valence-corrected chi connectivity index (χ0v) is 11.8. The van der Waals surface area contributed by atoms with Gasteiger partial charge in [0.05, 0.1) is 9.99 Å². The fourth-order valence-corrected chi connectivity index (χ4v) is 3.13. The van der Waals surface area contributed by atoms with Crippen LogP contribution in [-0.4, -0.2) is 4.57 Å². The van der Waals surface area contributed by atoms with Gasteiger partial charge in [-0.3, -0.25) is 0 Å². The summed E-state index contributed by atoms with van der Waals surface area (Å²) >= 11 is 7.19. The molecule has 1 heterocycles. The van der Waals surface area contributed by atoms with E-state index < -0.39 is 0 Å². The molecule has 80 valence electrons. The van der Waals surface area contributed by atoms with Crippen molar-refractivity contribution in [3.8, 4) is 0 Å². The number of nitrogens with zero attached hydrogens (tertiary/aromatic N) is 1. The monoisotopic (exact) mass is 337 g/mol. The molecule has 0 atom stereocenters. The fourth-order valence-electron chi connectivity index (χ4n) is 2.20. The van der Waals surface area contributed by atoms with E-state index in [1.807, 2.05) is 0 Å². The van der Waals surface area contributed by atoms with E-state index in [1.54, 1.807) is 0 Å². The number of hydrogen-bond donors (Lipinski definition) is 0. The van der Waals surface area contributed by atoms with Gasteiger partial charge in [-0.2, -0.15) is 0 Å². The Morgan fingerprint density at radius 1 is 0.938 bits per heavy atom. The molecule has 3 rings (SSSR count). The molecule has 0 aliphatic heterocycles. The Balaban J connectivity index is 2.67. The number of aryl methyl sites for hydroxylation is 1. The maximum Gasteiger partial charge on any atom is 0.0644 e. The van der Waals surface area contributed by atoms with Crippen molar-refractivity contribution in [2.75, 3.05) is 0 Å². The second-order valence-electron chi connectivity index (χ2n) is 3.83. The molecule has 0 amide bonds. The third-order valence-corrected chi connectivity index (χ3v) is 4.96. The van der Waals surface area contributed by atoms with Gasteiger partial charge in [0.25, 0.3) is 0 Å². The minimum absolute atomic E-state index is 1.09. The molecule has 0 fully saturated rings. The van der Waals surface area contributed by atoms with Crippen molar-refractivity contribution in [3.05, 3.63) is 45.3 Å². The molecule has 0 aliphatic rings. The van der Waals surface area contributed by atoms with E-state index in [9.17, 15) is 0 Å². The van der Waals surface area contributed by atoms with Crippen LogP contribution in [0.5, 0.6) is 0 Å². The van der Waals surface area contributed by atoms with Gasteiger partial charge in [-0.15, -0.1) is 0 Å². The van der Waals surface area contributed by atoms with Gasteiger partial charge in [-0.25, -0.2) is 0 Å². The Labute approximate surface area is 110 Å². The van der Waals surface area contributed by atoms with Crippen molar-refractivity contribution in [3.63, 3.8) is 0 Å². The zero-order valence-electron chi connectivity index (χ0n) is 8.67. The molecule has 16 heavy (non-hydrogen) atoms. The quantitative estimate of drug-likeness (QED) is 0.551. The van der Waals surface area contributed by atoms with Crippen LogP contribution in [-0.2, 0) is 7.05 Å². The number of halogens is 2. The predicted octanol–water partition coefficient (Wildman–Crippen LogP) is 4.86. The highest BCUT2D eigenvalue weighted by Crippen LogP contribution is 2.36. The van der Waals surface area contributed by atoms with Gasteiger partial charge >= 0.3 is 0 Å². The van der Waals surface area contributed by atoms with Crippen LogP contribution in [0.15, 0.2) is 45.3 Å². The average Bonchev–Trinajstić information content (AvgIpc) is 2.59. The fraction of sp³-hybridized carbons (Fsp3) is 0.0769. The third kappa shape index (κ3) is 1.28. The molecule has 0 spiro atoms. The normalized spacial score (nSPS) is 11.4. The summed E-state index contributed by atoms with van der Waals surface area (Å²) in [6.45, 7) is 0. The van der Waals surface area contributed by atoms with E-state index in [2.05, 4.69) is 79.9 Å². The second-order valence-corrected chi connectivity index (χ2v) is 5.48.